The minimum absolute atomic E-state index is 0.129. The first kappa shape index (κ1) is 18.3. The molecule has 0 radical (unpaired) electrons. The Labute approximate surface area is 162 Å². The zero-order valence-corrected chi connectivity index (χ0v) is 15.8. The van der Waals surface area contributed by atoms with Crippen molar-refractivity contribution in [1.29, 1.82) is 0 Å². The predicted molar refractivity (Wildman–Crippen MR) is 104 cm³/mol. The minimum Gasteiger partial charge on any atom is -0.322 e. The van der Waals surface area contributed by atoms with Crippen molar-refractivity contribution in [1.82, 2.24) is 9.80 Å². The highest BCUT2D eigenvalue weighted by molar-refractivity contribution is 6.42. The lowest BCUT2D eigenvalue weighted by Gasteiger charge is -2.34. The molecule has 1 saturated heterocycles. The van der Waals surface area contributed by atoms with Gasteiger partial charge in [0.15, 0.2) is 0 Å². The van der Waals surface area contributed by atoms with Gasteiger partial charge in [-0.05, 0) is 29.8 Å². The van der Waals surface area contributed by atoms with Gasteiger partial charge in [-0.15, -0.1) is 0 Å². The largest absolute Gasteiger partial charge is 0.322 e. The molecule has 25 heavy (non-hydrogen) atoms. The number of carbonyl (C=O) groups is 1. The lowest BCUT2D eigenvalue weighted by atomic mass is 10.2. The smallest absolute Gasteiger partial charge is 0.321 e. The van der Waals surface area contributed by atoms with E-state index in [0.29, 0.717) is 28.8 Å². The average molecular weight is 399 g/mol. The third kappa shape index (κ3) is 4.79. The van der Waals surface area contributed by atoms with Crippen LogP contribution in [0.15, 0.2) is 42.5 Å². The molecule has 1 heterocycles. The van der Waals surface area contributed by atoms with Crippen LogP contribution in [0.2, 0.25) is 15.1 Å². The summed E-state index contributed by atoms with van der Waals surface area (Å²) in [7, 11) is 0. The normalized spacial score (nSPS) is 15.2. The highest BCUT2D eigenvalue weighted by atomic mass is 35.5. The molecule has 0 aliphatic carbocycles. The van der Waals surface area contributed by atoms with Crippen molar-refractivity contribution >= 4 is 46.5 Å². The number of hydrogen-bond acceptors (Lipinski definition) is 2. The summed E-state index contributed by atoms with van der Waals surface area (Å²) in [5.74, 6) is 0. The van der Waals surface area contributed by atoms with Crippen molar-refractivity contribution in [2.75, 3.05) is 31.5 Å². The lowest BCUT2D eigenvalue weighted by molar-refractivity contribution is 0.143. The standard InChI is InChI=1S/C18H18Cl3N3O/c19-15-4-2-1-3-13(15)12-23-7-9-24(10-8-23)18(25)22-14-5-6-16(20)17(21)11-14/h1-6,11H,7-10,12H2,(H,22,25). The molecule has 0 spiro atoms. The van der Waals surface area contributed by atoms with E-state index in [0.717, 1.165) is 30.2 Å². The lowest BCUT2D eigenvalue weighted by Crippen LogP contribution is -2.49. The average Bonchev–Trinajstić information content (AvgIpc) is 2.61. The molecule has 0 unspecified atom stereocenters. The second kappa shape index (κ2) is 8.28. The molecule has 1 fully saturated rings. The summed E-state index contributed by atoms with van der Waals surface area (Å²) in [6, 6.07) is 12.8. The number of anilines is 1. The van der Waals surface area contributed by atoms with E-state index in [9.17, 15) is 4.79 Å². The molecule has 0 atom stereocenters. The summed E-state index contributed by atoms with van der Waals surface area (Å²) >= 11 is 18.1. The van der Waals surface area contributed by atoms with Crippen LogP contribution in [-0.2, 0) is 6.54 Å². The molecule has 2 amide bonds. The van der Waals surface area contributed by atoms with Crippen molar-refractivity contribution < 1.29 is 4.79 Å². The van der Waals surface area contributed by atoms with E-state index < -0.39 is 0 Å². The van der Waals surface area contributed by atoms with Gasteiger partial charge in [0, 0.05) is 43.4 Å². The van der Waals surface area contributed by atoms with Gasteiger partial charge in [-0.1, -0.05) is 53.0 Å². The highest BCUT2D eigenvalue weighted by Gasteiger charge is 2.21. The molecular weight excluding hydrogens is 381 g/mol. The summed E-state index contributed by atoms with van der Waals surface area (Å²) in [4.78, 5) is 16.5. The third-order valence-corrected chi connectivity index (χ3v) is 5.29. The van der Waals surface area contributed by atoms with Gasteiger partial charge in [0.2, 0.25) is 0 Å². The summed E-state index contributed by atoms with van der Waals surface area (Å²) in [5.41, 5.74) is 1.75. The Morgan fingerprint density at radius 3 is 2.32 bits per heavy atom. The molecular formula is C18H18Cl3N3O. The molecule has 0 saturated carbocycles. The Hall–Kier alpha value is -1.46. The van der Waals surface area contributed by atoms with E-state index in [-0.39, 0.29) is 6.03 Å². The first-order chi connectivity index (χ1) is 12.0. The van der Waals surface area contributed by atoms with E-state index in [1.807, 2.05) is 24.3 Å². The fourth-order valence-corrected chi connectivity index (χ4v) is 3.25. The quantitative estimate of drug-likeness (QED) is 0.790. The first-order valence-electron chi connectivity index (χ1n) is 7.99. The van der Waals surface area contributed by atoms with Crippen LogP contribution in [0.5, 0.6) is 0 Å². The van der Waals surface area contributed by atoms with Crippen LogP contribution in [0.25, 0.3) is 0 Å². The molecule has 3 rings (SSSR count). The van der Waals surface area contributed by atoms with E-state index >= 15 is 0 Å². The molecule has 0 aromatic heterocycles. The van der Waals surface area contributed by atoms with Crippen molar-refractivity contribution in [3.8, 4) is 0 Å². The number of urea groups is 1. The Morgan fingerprint density at radius 1 is 0.920 bits per heavy atom. The minimum atomic E-state index is -0.129. The molecule has 0 bridgehead atoms. The summed E-state index contributed by atoms with van der Waals surface area (Å²) < 4.78 is 0. The van der Waals surface area contributed by atoms with Crippen LogP contribution in [-0.4, -0.2) is 42.0 Å². The molecule has 132 valence electrons. The molecule has 4 nitrogen and oxygen atoms in total. The maximum Gasteiger partial charge on any atom is 0.321 e. The zero-order valence-electron chi connectivity index (χ0n) is 13.5. The number of piperazine rings is 1. The topological polar surface area (TPSA) is 35.6 Å². The number of nitrogens with zero attached hydrogens (tertiary/aromatic N) is 2. The maximum absolute atomic E-state index is 12.4. The van der Waals surface area contributed by atoms with Crippen molar-refractivity contribution in [3.63, 3.8) is 0 Å². The Kier molecular flexibility index (Phi) is 6.07. The van der Waals surface area contributed by atoms with Gasteiger partial charge in [-0.25, -0.2) is 4.79 Å². The highest BCUT2D eigenvalue weighted by Crippen LogP contribution is 2.25. The van der Waals surface area contributed by atoms with Crippen LogP contribution in [0.4, 0.5) is 10.5 Å². The number of benzene rings is 2. The van der Waals surface area contributed by atoms with E-state index in [4.69, 9.17) is 34.8 Å². The summed E-state index contributed by atoms with van der Waals surface area (Å²) in [6.07, 6.45) is 0. The van der Waals surface area contributed by atoms with Crippen LogP contribution < -0.4 is 5.32 Å². The maximum atomic E-state index is 12.4. The van der Waals surface area contributed by atoms with Gasteiger partial charge in [0.1, 0.15) is 0 Å². The number of nitrogens with one attached hydrogen (secondary N) is 1. The zero-order chi connectivity index (χ0) is 17.8. The van der Waals surface area contributed by atoms with Gasteiger partial charge in [-0.2, -0.15) is 0 Å². The van der Waals surface area contributed by atoms with Gasteiger partial charge < -0.3 is 10.2 Å². The fourth-order valence-electron chi connectivity index (χ4n) is 2.75. The molecule has 7 heteroatoms. The molecule has 2 aromatic rings. The Bertz CT molecular complexity index is 761. The Balaban J connectivity index is 1.52. The fraction of sp³-hybridized carbons (Fsp3) is 0.278. The number of amides is 2. The van der Waals surface area contributed by atoms with Gasteiger partial charge in [0.05, 0.1) is 10.0 Å². The SMILES string of the molecule is O=C(Nc1ccc(Cl)c(Cl)c1)N1CCN(Cc2ccccc2Cl)CC1. The number of halogens is 3. The van der Waals surface area contributed by atoms with Crippen molar-refractivity contribution in [3.05, 3.63) is 63.1 Å². The second-order valence-electron chi connectivity index (χ2n) is 5.91. The van der Waals surface area contributed by atoms with E-state index in [2.05, 4.69) is 10.2 Å². The van der Waals surface area contributed by atoms with E-state index in [1.54, 1.807) is 23.1 Å². The third-order valence-electron chi connectivity index (χ3n) is 4.18. The molecule has 1 aliphatic heterocycles. The van der Waals surface area contributed by atoms with Crippen LogP contribution >= 0.6 is 34.8 Å². The first-order valence-corrected chi connectivity index (χ1v) is 9.13. The summed E-state index contributed by atoms with van der Waals surface area (Å²) in [5, 5.41) is 4.52. The molecule has 1 aliphatic rings. The monoisotopic (exact) mass is 397 g/mol. The van der Waals surface area contributed by atoms with E-state index in [1.165, 1.54) is 0 Å². The van der Waals surface area contributed by atoms with Crippen molar-refractivity contribution in [2.45, 2.75) is 6.54 Å². The summed E-state index contributed by atoms with van der Waals surface area (Å²) in [6.45, 7) is 3.73. The predicted octanol–water partition coefficient (Wildman–Crippen LogP) is 5.00. The van der Waals surface area contributed by atoms with Crippen LogP contribution in [0.1, 0.15) is 5.56 Å². The number of hydrogen-bond donors (Lipinski definition) is 1. The number of carbonyl (C=O) groups excluding carboxylic acids is 1. The van der Waals surface area contributed by atoms with Gasteiger partial charge in [-0.3, -0.25) is 4.90 Å². The second-order valence-corrected chi connectivity index (χ2v) is 7.14. The van der Waals surface area contributed by atoms with Gasteiger partial charge in [0.25, 0.3) is 0 Å². The Morgan fingerprint density at radius 2 is 1.64 bits per heavy atom. The molecule has 1 N–H and O–H groups in total. The molecule has 2 aromatic carbocycles. The van der Waals surface area contributed by atoms with Crippen molar-refractivity contribution in [2.24, 2.45) is 0 Å². The number of rotatable bonds is 3. The van der Waals surface area contributed by atoms with Crippen LogP contribution in [0.3, 0.4) is 0 Å². The van der Waals surface area contributed by atoms with Gasteiger partial charge >= 0.3 is 6.03 Å². The van der Waals surface area contributed by atoms with Crippen LogP contribution in [0, 0.1) is 0 Å².